The summed E-state index contributed by atoms with van der Waals surface area (Å²) < 4.78 is 1.52. The number of hydrogen-bond donors (Lipinski definition) is 0. The van der Waals surface area contributed by atoms with Crippen LogP contribution in [0.4, 0.5) is 11.4 Å². The van der Waals surface area contributed by atoms with Gasteiger partial charge in [-0.25, -0.2) is 4.98 Å². The fourth-order valence-corrected chi connectivity index (χ4v) is 4.15. The van der Waals surface area contributed by atoms with Crippen LogP contribution in [0.3, 0.4) is 0 Å². The predicted molar refractivity (Wildman–Crippen MR) is 118 cm³/mol. The zero-order valence-corrected chi connectivity index (χ0v) is 16.7. The van der Waals surface area contributed by atoms with Crippen molar-refractivity contribution < 1.29 is 0 Å². The molecular formula is C23H23N5O. The minimum atomic E-state index is -0.00805. The second kappa shape index (κ2) is 6.88. The zero-order chi connectivity index (χ0) is 20.0. The minimum absolute atomic E-state index is 0.00805. The van der Waals surface area contributed by atoms with Gasteiger partial charge in [-0.05, 0) is 37.3 Å². The Labute approximate surface area is 169 Å². The van der Waals surface area contributed by atoms with Gasteiger partial charge in [-0.2, -0.15) is 0 Å². The maximum Gasteiger partial charge on any atom is 0.260 e. The topological polar surface area (TPSA) is 54.3 Å². The Hall–Kier alpha value is -3.41. The maximum atomic E-state index is 12.2. The highest BCUT2D eigenvalue weighted by Crippen LogP contribution is 2.29. The van der Waals surface area contributed by atoms with Crippen molar-refractivity contribution in [1.29, 1.82) is 0 Å². The van der Waals surface area contributed by atoms with E-state index < -0.39 is 0 Å². The number of aryl methyl sites for hydroxylation is 2. The highest BCUT2D eigenvalue weighted by molar-refractivity contribution is 5.92. The molecule has 1 aliphatic rings. The summed E-state index contributed by atoms with van der Waals surface area (Å²) in [6.45, 7) is 5.78. The van der Waals surface area contributed by atoms with Crippen LogP contribution in [-0.2, 0) is 7.05 Å². The lowest BCUT2D eigenvalue weighted by Gasteiger charge is -2.38. The molecule has 0 unspecified atom stereocenters. The van der Waals surface area contributed by atoms with Crippen LogP contribution in [0.15, 0.2) is 59.7 Å². The van der Waals surface area contributed by atoms with Crippen molar-refractivity contribution in [2.75, 3.05) is 36.0 Å². The fraction of sp³-hybridized carbons (Fsp3) is 0.261. The summed E-state index contributed by atoms with van der Waals surface area (Å²) in [5, 5.41) is 1.87. The summed E-state index contributed by atoms with van der Waals surface area (Å²) >= 11 is 0. The molecule has 6 heteroatoms. The van der Waals surface area contributed by atoms with Crippen molar-refractivity contribution in [2.24, 2.45) is 7.05 Å². The Balaban J connectivity index is 1.40. The Kier molecular flexibility index (Phi) is 4.19. The van der Waals surface area contributed by atoms with Gasteiger partial charge in [0, 0.05) is 55.7 Å². The van der Waals surface area contributed by atoms with Gasteiger partial charge in [-0.3, -0.25) is 9.78 Å². The van der Waals surface area contributed by atoms with E-state index in [0.29, 0.717) is 5.39 Å². The van der Waals surface area contributed by atoms with Crippen LogP contribution < -0.4 is 15.4 Å². The Bertz CT molecular complexity index is 1270. The van der Waals surface area contributed by atoms with E-state index in [0.717, 1.165) is 48.6 Å². The molecule has 0 bridgehead atoms. The van der Waals surface area contributed by atoms with Gasteiger partial charge in [0.1, 0.15) is 0 Å². The highest BCUT2D eigenvalue weighted by atomic mass is 16.1. The molecule has 0 spiro atoms. The normalized spacial score (nSPS) is 14.7. The first-order chi connectivity index (χ1) is 14.1. The summed E-state index contributed by atoms with van der Waals surface area (Å²) in [6, 6.07) is 16.5. The molecule has 3 heterocycles. The summed E-state index contributed by atoms with van der Waals surface area (Å²) in [4.78, 5) is 26.1. The van der Waals surface area contributed by atoms with Crippen LogP contribution in [0, 0.1) is 6.92 Å². The lowest BCUT2D eigenvalue weighted by atomic mass is 10.1. The number of fused-ring (bicyclic) bond motifs is 2. The fourth-order valence-electron chi connectivity index (χ4n) is 4.15. The van der Waals surface area contributed by atoms with Crippen molar-refractivity contribution in [3.8, 4) is 0 Å². The van der Waals surface area contributed by atoms with Crippen molar-refractivity contribution >= 4 is 33.2 Å². The molecule has 1 aliphatic heterocycles. The molecule has 29 heavy (non-hydrogen) atoms. The van der Waals surface area contributed by atoms with Crippen LogP contribution in [0.1, 0.15) is 5.69 Å². The SMILES string of the molecule is Cc1cc(N2CCN(c3ccc4c(=O)n(C)cnc4c3)CC2)c2ccccc2n1. The third-order valence-electron chi connectivity index (χ3n) is 5.71. The molecule has 4 aromatic rings. The van der Waals surface area contributed by atoms with Gasteiger partial charge in [0.15, 0.2) is 0 Å². The average Bonchev–Trinajstić information content (AvgIpc) is 2.75. The summed E-state index contributed by atoms with van der Waals surface area (Å²) in [6.07, 6.45) is 1.59. The van der Waals surface area contributed by atoms with Crippen LogP contribution in [0.5, 0.6) is 0 Å². The molecular weight excluding hydrogens is 362 g/mol. The van der Waals surface area contributed by atoms with Gasteiger partial charge < -0.3 is 14.4 Å². The largest absolute Gasteiger partial charge is 0.368 e. The lowest BCUT2D eigenvalue weighted by molar-refractivity contribution is 0.655. The van der Waals surface area contributed by atoms with Crippen LogP contribution in [-0.4, -0.2) is 40.7 Å². The quantitative estimate of drug-likeness (QED) is 0.531. The minimum Gasteiger partial charge on any atom is -0.368 e. The molecule has 0 aliphatic carbocycles. The Morgan fingerprint density at radius 1 is 0.862 bits per heavy atom. The number of para-hydroxylation sites is 1. The van der Waals surface area contributed by atoms with E-state index in [1.165, 1.54) is 15.6 Å². The molecule has 1 saturated heterocycles. The monoisotopic (exact) mass is 385 g/mol. The van der Waals surface area contributed by atoms with E-state index >= 15 is 0 Å². The van der Waals surface area contributed by atoms with Crippen molar-refractivity contribution in [3.63, 3.8) is 0 Å². The predicted octanol–water partition coefficient (Wildman–Crippen LogP) is 3.12. The molecule has 2 aromatic carbocycles. The van der Waals surface area contributed by atoms with Crippen molar-refractivity contribution in [3.05, 3.63) is 70.9 Å². The van der Waals surface area contributed by atoms with Gasteiger partial charge in [0.05, 0.1) is 22.7 Å². The number of hydrogen-bond acceptors (Lipinski definition) is 5. The average molecular weight is 385 g/mol. The van der Waals surface area contributed by atoms with E-state index in [2.05, 4.69) is 51.0 Å². The smallest absolute Gasteiger partial charge is 0.260 e. The summed E-state index contributed by atoms with van der Waals surface area (Å²) in [7, 11) is 1.73. The molecule has 5 rings (SSSR count). The van der Waals surface area contributed by atoms with Gasteiger partial charge in [0.25, 0.3) is 5.56 Å². The number of anilines is 2. The maximum absolute atomic E-state index is 12.2. The standard InChI is InChI=1S/C23H23N5O/c1-16-13-22(18-5-3-4-6-20(18)25-16)28-11-9-27(10-12-28)17-7-8-19-21(14-17)24-15-26(2)23(19)29/h3-8,13-15H,9-12H2,1-2H3. The number of piperazine rings is 1. The third kappa shape index (κ3) is 3.10. The number of pyridine rings is 1. The number of nitrogens with zero attached hydrogens (tertiary/aromatic N) is 5. The van der Waals surface area contributed by atoms with E-state index in [1.54, 1.807) is 13.4 Å². The number of rotatable bonds is 2. The molecule has 146 valence electrons. The number of benzene rings is 2. The van der Waals surface area contributed by atoms with Crippen molar-refractivity contribution in [2.45, 2.75) is 6.92 Å². The molecule has 1 fully saturated rings. The summed E-state index contributed by atoms with van der Waals surface area (Å²) in [5.41, 5.74) is 5.22. The van der Waals surface area contributed by atoms with E-state index in [1.807, 2.05) is 24.3 Å². The summed E-state index contributed by atoms with van der Waals surface area (Å²) in [5.74, 6) is 0. The van der Waals surface area contributed by atoms with Gasteiger partial charge >= 0.3 is 0 Å². The Morgan fingerprint density at radius 3 is 2.45 bits per heavy atom. The van der Waals surface area contributed by atoms with E-state index in [9.17, 15) is 4.79 Å². The molecule has 0 saturated carbocycles. The van der Waals surface area contributed by atoms with Gasteiger partial charge in [-0.1, -0.05) is 18.2 Å². The first-order valence-corrected chi connectivity index (χ1v) is 9.92. The molecule has 0 amide bonds. The first kappa shape index (κ1) is 17.7. The second-order valence-corrected chi connectivity index (χ2v) is 7.64. The zero-order valence-electron chi connectivity index (χ0n) is 16.7. The second-order valence-electron chi connectivity index (χ2n) is 7.64. The molecule has 0 atom stereocenters. The van der Waals surface area contributed by atoms with E-state index in [-0.39, 0.29) is 5.56 Å². The van der Waals surface area contributed by atoms with E-state index in [4.69, 9.17) is 0 Å². The Morgan fingerprint density at radius 2 is 1.62 bits per heavy atom. The first-order valence-electron chi connectivity index (χ1n) is 9.92. The lowest BCUT2D eigenvalue weighted by Crippen LogP contribution is -2.46. The molecule has 0 N–H and O–H groups in total. The van der Waals surface area contributed by atoms with Crippen LogP contribution in [0.25, 0.3) is 21.8 Å². The van der Waals surface area contributed by atoms with Crippen LogP contribution >= 0.6 is 0 Å². The van der Waals surface area contributed by atoms with Gasteiger partial charge in [0.2, 0.25) is 0 Å². The highest BCUT2D eigenvalue weighted by Gasteiger charge is 2.20. The van der Waals surface area contributed by atoms with Crippen molar-refractivity contribution in [1.82, 2.24) is 14.5 Å². The van der Waals surface area contributed by atoms with Gasteiger partial charge in [-0.15, -0.1) is 0 Å². The number of aromatic nitrogens is 3. The third-order valence-corrected chi connectivity index (χ3v) is 5.71. The molecule has 2 aromatic heterocycles. The molecule has 6 nitrogen and oxygen atoms in total. The molecule has 0 radical (unpaired) electrons. The van der Waals surface area contributed by atoms with Crippen LogP contribution in [0.2, 0.25) is 0 Å².